The van der Waals surface area contributed by atoms with Crippen LogP contribution in [-0.2, 0) is 0 Å². The van der Waals surface area contributed by atoms with Crippen molar-refractivity contribution in [1.82, 2.24) is 9.97 Å². The van der Waals surface area contributed by atoms with E-state index in [-0.39, 0.29) is 0 Å². The molecule has 1 aromatic rings. The van der Waals surface area contributed by atoms with Gasteiger partial charge in [0.05, 0.1) is 0 Å². The van der Waals surface area contributed by atoms with Crippen molar-refractivity contribution >= 4 is 0 Å². The van der Waals surface area contributed by atoms with Gasteiger partial charge in [-0.2, -0.15) is 0 Å². The summed E-state index contributed by atoms with van der Waals surface area (Å²) in [5.74, 6) is 4.40. The molecule has 2 fully saturated rings. The zero-order valence-corrected chi connectivity index (χ0v) is 18.7. The average molecular weight is 385 g/mol. The summed E-state index contributed by atoms with van der Waals surface area (Å²) in [5, 5.41) is 0. The maximum absolute atomic E-state index is 4.84. The van der Waals surface area contributed by atoms with Crippen molar-refractivity contribution in [3.05, 3.63) is 23.8 Å². The number of nitrogens with zero attached hydrogens (tertiary/aromatic N) is 2. The molecule has 0 aliphatic heterocycles. The molecule has 1 aromatic heterocycles. The standard InChI is InChI=1S/C26H44N2/c1-3-5-6-7-8-10-22-13-17-24(18-14-22)26-27-19-25(20-28-26)23-15-11-21(9-4-2)12-16-23/h19-24H,3-18H2,1-2H3. The Kier molecular flexibility index (Phi) is 9.28. The van der Waals surface area contributed by atoms with Crippen LogP contribution < -0.4 is 0 Å². The molecule has 3 rings (SSSR count). The fourth-order valence-corrected chi connectivity index (χ4v) is 5.71. The molecular formula is C26H44N2. The molecule has 0 saturated heterocycles. The van der Waals surface area contributed by atoms with Crippen LogP contribution in [0.15, 0.2) is 12.4 Å². The number of unbranched alkanes of at least 4 members (excludes halogenated alkanes) is 4. The van der Waals surface area contributed by atoms with Gasteiger partial charge in [0.2, 0.25) is 0 Å². The minimum absolute atomic E-state index is 0.616. The van der Waals surface area contributed by atoms with Crippen LogP contribution in [0.4, 0.5) is 0 Å². The first-order valence-electron chi connectivity index (χ1n) is 12.6. The van der Waals surface area contributed by atoms with E-state index >= 15 is 0 Å². The molecular weight excluding hydrogens is 340 g/mol. The van der Waals surface area contributed by atoms with Gasteiger partial charge in [-0.25, -0.2) is 9.97 Å². The number of rotatable bonds is 10. The quantitative estimate of drug-likeness (QED) is 0.380. The first-order chi connectivity index (χ1) is 13.8. The molecule has 0 radical (unpaired) electrons. The molecule has 0 unspecified atom stereocenters. The molecule has 0 bridgehead atoms. The van der Waals surface area contributed by atoms with Crippen molar-refractivity contribution < 1.29 is 0 Å². The maximum atomic E-state index is 4.84. The molecule has 158 valence electrons. The van der Waals surface area contributed by atoms with Crippen LogP contribution in [0.3, 0.4) is 0 Å². The van der Waals surface area contributed by atoms with Gasteiger partial charge in [-0.05, 0) is 74.7 Å². The summed E-state index contributed by atoms with van der Waals surface area (Å²) in [5.41, 5.74) is 1.40. The van der Waals surface area contributed by atoms with E-state index in [0.717, 1.165) is 17.7 Å². The molecule has 2 saturated carbocycles. The first kappa shape index (κ1) is 21.8. The van der Waals surface area contributed by atoms with Crippen molar-refractivity contribution in [2.75, 3.05) is 0 Å². The molecule has 2 aliphatic carbocycles. The molecule has 0 aromatic carbocycles. The van der Waals surface area contributed by atoms with Crippen LogP contribution in [-0.4, -0.2) is 9.97 Å². The highest BCUT2D eigenvalue weighted by Gasteiger charge is 2.25. The Balaban J connectivity index is 1.39. The van der Waals surface area contributed by atoms with Gasteiger partial charge >= 0.3 is 0 Å². The van der Waals surface area contributed by atoms with Crippen LogP contribution in [0.1, 0.15) is 140 Å². The molecule has 1 heterocycles. The Labute approximate surface area is 174 Å². The smallest absolute Gasteiger partial charge is 0.131 e. The minimum atomic E-state index is 0.616. The Morgan fingerprint density at radius 3 is 1.82 bits per heavy atom. The monoisotopic (exact) mass is 384 g/mol. The van der Waals surface area contributed by atoms with Gasteiger partial charge in [-0.15, -0.1) is 0 Å². The summed E-state index contributed by atoms with van der Waals surface area (Å²) in [6.45, 7) is 4.62. The second kappa shape index (κ2) is 11.9. The molecule has 2 heteroatoms. The third-order valence-corrected chi connectivity index (χ3v) is 7.63. The maximum Gasteiger partial charge on any atom is 0.131 e. The Hall–Kier alpha value is -0.920. The Morgan fingerprint density at radius 2 is 1.21 bits per heavy atom. The van der Waals surface area contributed by atoms with Crippen molar-refractivity contribution in [1.29, 1.82) is 0 Å². The molecule has 0 atom stereocenters. The molecule has 28 heavy (non-hydrogen) atoms. The lowest BCUT2D eigenvalue weighted by Crippen LogP contribution is -2.17. The van der Waals surface area contributed by atoms with E-state index in [1.165, 1.54) is 108 Å². The van der Waals surface area contributed by atoms with E-state index in [9.17, 15) is 0 Å². The van der Waals surface area contributed by atoms with Crippen molar-refractivity contribution in [3.8, 4) is 0 Å². The molecule has 2 nitrogen and oxygen atoms in total. The van der Waals surface area contributed by atoms with Gasteiger partial charge in [0.25, 0.3) is 0 Å². The van der Waals surface area contributed by atoms with Crippen LogP contribution >= 0.6 is 0 Å². The molecule has 0 N–H and O–H groups in total. The van der Waals surface area contributed by atoms with Crippen LogP contribution in [0.5, 0.6) is 0 Å². The largest absolute Gasteiger partial charge is 0.241 e. The second-order valence-electron chi connectivity index (χ2n) is 9.80. The normalized spacial score (nSPS) is 28.4. The van der Waals surface area contributed by atoms with E-state index in [2.05, 4.69) is 26.2 Å². The second-order valence-corrected chi connectivity index (χ2v) is 9.80. The predicted octanol–water partition coefficient (Wildman–Crippen LogP) is 8.18. The van der Waals surface area contributed by atoms with Crippen LogP contribution in [0, 0.1) is 11.8 Å². The minimum Gasteiger partial charge on any atom is -0.241 e. The third kappa shape index (κ3) is 6.56. The van der Waals surface area contributed by atoms with Gasteiger partial charge in [-0.1, -0.05) is 65.2 Å². The van der Waals surface area contributed by atoms with E-state index in [1.54, 1.807) is 0 Å². The van der Waals surface area contributed by atoms with Crippen LogP contribution in [0.2, 0.25) is 0 Å². The average Bonchev–Trinajstić information content (AvgIpc) is 2.75. The molecule has 0 amide bonds. The molecule has 0 spiro atoms. The van der Waals surface area contributed by atoms with Gasteiger partial charge in [-0.3, -0.25) is 0 Å². The third-order valence-electron chi connectivity index (χ3n) is 7.63. The van der Waals surface area contributed by atoms with Gasteiger partial charge < -0.3 is 0 Å². The van der Waals surface area contributed by atoms with E-state index in [4.69, 9.17) is 9.97 Å². The lowest BCUT2D eigenvalue weighted by Gasteiger charge is -2.29. The lowest BCUT2D eigenvalue weighted by atomic mass is 9.77. The van der Waals surface area contributed by atoms with Gasteiger partial charge in [0.1, 0.15) is 5.82 Å². The fraction of sp³-hybridized carbons (Fsp3) is 0.846. The van der Waals surface area contributed by atoms with Gasteiger partial charge in [0, 0.05) is 18.3 Å². The number of hydrogen-bond acceptors (Lipinski definition) is 2. The van der Waals surface area contributed by atoms with Crippen molar-refractivity contribution in [2.24, 2.45) is 11.8 Å². The summed E-state index contributed by atoms with van der Waals surface area (Å²) in [7, 11) is 0. The summed E-state index contributed by atoms with van der Waals surface area (Å²) >= 11 is 0. The lowest BCUT2D eigenvalue weighted by molar-refractivity contribution is 0.295. The highest BCUT2D eigenvalue weighted by Crippen LogP contribution is 2.39. The summed E-state index contributed by atoms with van der Waals surface area (Å²) in [4.78, 5) is 9.69. The summed E-state index contributed by atoms with van der Waals surface area (Å²) in [6, 6.07) is 0. The van der Waals surface area contributed by atoms with E-state index in [1.807, 2.05) is 0 Å². The Bertz CT molecular complexity index is 522. The SMILES string of the molecule is CCCCCCCC1CCC(c2ncc(C3CCC(CCC)CC3)cn2)CC1. The van der Waals surface area contributed by atoms with Crippen molar-refractivity contribution in [2.45, 2.75) is 128 Å². The summed E-state index contributed by atoms with van der Waals surface area (Å²) < 4.78 is 0. The van der Waals surface area contributed by atoms with E-state index in [0.29, 0.717) is 11.8 Å². The van der Waals surface area contributed by atoms with Gasteiger partial charge in [0.15, 0.2) is 0 Å². The van der Waals surface area contributed by atoms with Crippen molar-refractivity contribution in [3.63, 3.8) is 0 Å². The predicted molar refractivity (Wildman–Crippen MR) is 120 cm³/mol. The van der Waals surface area contributed by atoms with E-state index < -0.39 is 0 Å². The first-order valence-corrected chi connectivity index (χ1v) is 12.6. The summed E-state index contributed by atoms with van der Waals surface area (Å²) in [6.07, 6.45) is 26.6. The zero-order valence-electron chi connectivity index (χ0n) is 18.7. The zero-order chi connectivity index (χ0) is 19.6. The highest BCUT2D eigenvalue weighted by molar-refractivity contribution is 5.14. The van der Waals surface area contributed by atoms with Crippen LogP contribution in [0.25, 0.3) is 0 Å². The molecule has 2 aliphatic rings. The Morgan fingerprint density at radius 1 is 0.643 bits per heavy atom. The number of aromatic nitrogens is 2. The number of hydrogen-bond donors (Lipinski definition) is 0. The topological polar surface area (TPSA) is 25.8 Å². The highest BCUT2D eigenvalue weighted by atomic mass is 14.9. The fourth-order valence-electron chi connectivity index (χ4n) is 5.71.